The molecule has 180 valence electrons. The summed E-state index contributed by atoms with van der Waals surface area (Å²) in [6, 6.07) is 15.3. The van der Waals surface area contributed by atoms with Gasteiger partial charge in [-0.3, -0.25) is 10.1 Å². The average molecular weight is 500 g/mol. The molecule has 36 heavy (non-hydrogen) atoms. The quantitative estimate of drug-likeness (QED) is 0.285. The number of pyridine rings is 1. The molecule has 0 atom stereocenters. The van der Waals surface area contributed by atoms with E-state index in [1.54, 1.807) is 60.9 Å². The first-order chi connectivity index (χ1) is 17.5. The fraction of sp³-hybridized carbons (Fsp3) is 0.115. The lowest BCUT2D eigenvalue weighted by molar-refractivity contribution is 0.103. The number of aryl methyl sites for hydroxylation is 1. The molecule has 0 aliphatic heterocycles. The molecule has 2 N–H and O–H groups in total. The number of ether oxygens (including phenoxy) is 1. The van der Waals surface area contributed by atoms with Crippen molar-refractivity contribution in [1.82, 2.24) is 15.0 Å². The number of fused-ring (bicyclic) bond motifs is 1. The average Bonchev–Trinajstić information content (AvgIpc) is 3.50. The Morgan fingerprint density at radius 1 is 1.03 bits per heavy atom. The van der Waals surface area contributed by atoms with Crippen molar-refractivity contribution in [2.24, 2.45) is 0 Å². The van der Waals surface area contributed by atoms with Crippen molar-refractivity contribution in [3.8, 4) is 5.75 Å². The monoisotopic (exact) mass is 499 g/mol. The first-order valence-electron chi connectivity index (χ1n) is 11.0. The second-order valence-electron chi connectivity index (χ2n) is 7.90. The lowest BCUT2D eigenvalue weighted by atomic mass is 9.99. The number of aromatic nitrogens is 3. The van der Waals surface area contributed by atoms with Crippen LogP contribution in [-0.2, 0) is 6.42 Å². The van der Waals surface area contributed by atoms with Crippen LogP contribution in [0.1, 0.15) is 32.3 Å². The van der Waals surface area contributed by atoms with E-state index in [0.717, 1.165) is 10.4 Å². The fourth-order valence-corrected chi connectivity index (χ4v) is 4.47. The Kier molecular flexibility index (Phi) is 6.42. The highest BCUT2D eigenvalue weighted by molar-refractivity contribution is 7.15. The zero-order chi connectivity index (χ0) is 25.1. The van der Waals surface area contributed by atoms with E-state index < -0.39 is 6.03 Å². The van der Waals surface area contributed by atoms with Crippen LogP contribution in [0.25, 0.3) is 11.2 Å². The number of hydrogen-bond acceptors (Lipinski definition) is 8. The molecule has 5 aromatic rings. The van der Waals surface area contributed by atoms with Gasteiger partial charge in [-0.05, 0) is 43.3 Å². The van der Waals surface area contributed by atoms with Crippen LogP contribution in [-0.4, -0.2) is 33.9 Å². The number of amides is 2. The molecule has 0 radical (unpaired) electrons. The van der Waals surface area contributed by atoms with Gasteiger partial charge in [0, 0.05) is 22.8 Å². The lowest BCUT2D eigenvalue weighted by Gasteiger charge is -2.13. The number of rotatable bonds is 7. The number of para-hydroxylation sites is 1. The van der Waals surface area contributed by atoms with Crippen LogP contribution in [0.15, 0.2) is 71.4 Å². The highest BCUT2D eigenvalue weighted by Gasteiger charge is 2.19. The fourth-order valence-electron chi connectivity index (χ4n) is 3.67. The van der Waals surface area contributed by atoms with Gasteiger partial charge in [0.1, 0.15) is 5.75 Å². The number of hydrogen-bond donors (Lipinski definition) is 2. The maximum atomic E-state index is 13.3. The molecule has 0 fully saturated rings. The smallest absolute Gasteiger partial charge is 0.325 e. The summed E-state index contributed by atoms with van der Waals surface area (Å²) in [5, 5.41) is 5.90. The predicted octanol–water partition coefficient (Wildman–Crippen LogP) is 5.46. The van der Waals surface area contributed by atoms with Gasteiger partial charge in [0.25, 0.3) is 0 Å². The Balaban J connectivity index is 1.30. The van der Waals surface area contributed by atoms with E-state index in [-0.39, 0.29) is 5.78 Å². The van der Waals surface area contributed by atoms with Crippen molar-refractivity contribution in [2.45, 2.75) is 13.3 Å². The van der Waals surface area contributed by atoms with Crippen LogP contribution in [0.4, 0.5) is 15.6 Å². The van der Waals surface area contributed by atoms with E-state index in [0.29, 0.717) is 51.2 Å². The van der Waals surface area contributed by atoms with E-state index in [4.69, 9.17) is 9.15 Å². The molecule has 3 aromatic heterocycles. The summed E-state index contributed by atoms with van der Waals surface area (Å²) >= 11 is 1.30. The maximum Gasteiger partial charge on any atom is 0.325 e. The summed E-state index contributed by atoms with van der Waals surface area (Å²) in [6.45, 7) is 1.88. The van der Waals surface area contributed by atoms with Crippen molar-refractivity contribution in [2.75, 3.05) is 17.7 Å². The summed E-state index contributed by atoms with van der Waals surface area (Å²) in [5.41, 5.74) is 3.20. The summed E-state index contributed by atoms with van der Waals surface area (Å²) < 4.78 is 11.0. The molecule has 9 nitrogen and oxygen atoms in total. The van der Waals surface area contributed by atoms with Gasteiger partial charge in [-0.1, -0.05) is 23.8 Å². The number of oxazole rings is 1. The van der Waals surface area contributed by atoms with Gasteiger partial charge in [0.05, 0.1) is 24.8 Å². The van der Waals surface area contributed by atoms with Gasteiger partial charge < -0.3 is 14.5 Å². The van der Waals surface area contributed by atoms with E-state index in [2.05, 4.69) is 25.6 Å². The zero-order valence-corrected chi connectivity index (χ0v) is 20.3. The molecule has 0 saturated carbocycles. The SMILES string of the molecule is COc1ccccc1C(=O)c1cc(C)ccc1NC(=O)Nc1ncc(Cc2nc3ncccc3o2)s1. The molecule has 0 aliphatic rings. The van der Waals surface area contributed by atoms with Crippen LogP contribution in [0.3, 0.4) is 0 Å². The molecular weight excluding hydrogens is 478 g/mol. The maximum absolute atomic E-state index is 13.3. The van der Waals surface area contributed by atoms with Crippen LogP contribution in [0.5, 0.6) is 5.75 Å². The highest BCUT2D eigenvalue weighted by Crippen LogP contribution is 2.27. The van der Waals surface area contributed by atoms with Crippen LogP contribution in [0.2, 0.25) is 0 Å². The third-order valence-corrected chi connectivity index (χ3v) is 6.24. The minimum absolute atomic E-state index is 0.254. The molecule has 0 spiro atoms. The number of ketones is 1. The Morgan fingerprint density at radius 3 is 2.72 bits per heavy atom. The molecule has 0 aliphatic carbocycles. The van der Waals surface area contributed by atoms with Gasteiger partial charge in [-0.25, -0.2) is 14.8 Å². The third-order valence-electron chi connectivity index (χ3n) is 5.33. The van der Waals surface area contributed by atoms with Gasteiger partial charge in [0.15, 0.2) is 22.1 Å². The molecule has 0 saturated heterocycles. The molecule has 5 rings (SSSR count). The van der Waals surface area contributed by atoms with E-state index in [1.165, 1.54) is 18.4 Å². The van der Waals surface area contributed by atoms with Crippen molar-refractivity contribution >= 4 is 45.2 Å². The Bertz CT molecular complexity index is 1540. The Hall–Kier alpha value is -4.57. The number of carbonyl (C=O) groups is 2. The topological polar surface area (TPSA) is 119 Å². The zero-order valence-electron chi connectivity index (χ0n) is 19.4. The van der Waals surface area contributed by atoms with Crippen LogP contribution in [0, 0.1) is 6.92 Å². The minimum Gasteiger partial charge on any atom is -0.496 e. The molecule has 10 heteroatoms. The van der Waals surface area contributed by atoms with Crippen molar-refractivity contribution in [3.63, 3.8) is 0 Å². The number of thiazole rings is 1. The van der Waals surface area contributed by atoms with Crippen molar-refractivity contribution in [1.29, 1.82) is 0 Å². The predicted molar refractivity (Wildman–Crippen MR) is 137 cm³/mol. The third kappa shape index (κ3) is 4.93. The first-order valence-corrected chi connectivity index (χ1v) is 11.8. The van der Waals surface area contributed by atoms with Crippen molar-refractivity contribution in [3.05, 3.63) is 94.4 Å². The van der Waals surface area contributed by atoms with Gasteiger partial charge in [-0.2, -0.15) is 4.98 Å². The van der Waals surface area contributed by atoms with Gasteiger partial charge in [-0.15, -0.1) is 11.3 Å². The van der Waals surface area contributed by atoms with Crippen molar-refractivity contribution < 1.29 is 18.7 Å². The first kappa shape index (κ1) is 23.2. The number of methoxy groups -OCH3 is 1. The Morgan fingerprint density at radius 2 is 1.89 bits per heavy atom. The van der Waals surface area contributed by atoms with E-state index in [9.17, 15) is 9.59 Å². The number of benzene rings is 2. The van der Waals surface area contributed by atoms with Gasteiger partial charge >= 0.3 is 6.03 Å². The highest BCUT2D eigenvalue weighted by atomic mass is 32.1. The summed E-state index contributed by atoms with van der Waals surface area (Å²) in [5.74, 6) is 0.725. The van der Waals surface area contributed by atoms with Crippen LogP contribution < -0.4 is 15.4 Å². The number of urea groups is 1. The molecule has 0 unspecified atom stereocenters. The second kappa shape index (κ2) is 9.96. The number of nitrogens with zero attached hydrogens (tertiary/aromatic N) is 3. The van der Waals surface area contributed by atoms with E-state index in [1.807, 2.05) is 13.0 Å². The molecule has 0 bridgehead atoms. The molecule has 3 heterocycles. The standard InChI is InChI=1S/C26H21N5O4S/c1-15-9-10-19(18(12-15)23(32)17-6-3-4-7-20(17)34-2)29-25(33)31-26-28-14-16(36-26)13-22-30-24-21(35-22)8-5-11-27-24/h3-12,14H,13H2,1-2H3,(H2,28,29,31,33). The second-order valence-corrected chi connectivity index (χ2v) is 9.01. The molecule has 2 amide bonds. The minimum atomic E-state index is -0.514. The largest absolute Gasteiger partial charge is 0.496 e. The van der Waals surface area contributed by atoms with Gasteiger partial charge in [0.2, 0.25) is 5.89 Å². The number of carbonyl (C=O) groups excluding carboxylic acids is 2. The van der Waals surface area contributed by atoms with Crippen LogP contribution >= 0.6 is 11.3 Å². The lowest BCUT2D eigenvalue weighted by Crippen LogP contribution is -2.21. The number of anilines is 2. The number of nitrogens with one attached hydrogen (secondary N) is 2. The molecular formula is C26H21N5O4S. The molecule has 2 aromatic carbocycles. The van der Waals surface area contributed by atoms with E-state index >= 15 is 0 Å². The Labute approximate surface area is 210 Å². The summed E-state index contributed by atoms with van der Waals surface area (Å²) in [4.78, 5) is 39.7. The summed E-state index contributed by atoms with van der Waals surface area (Å²) in [6.07, 6.45) is 3.74. The summed E-state index contributed by atoms with van der Waals surface area (Å²) in [7, 11) is 1.51. The normalized spacial score (nSPS) is 10.8.